The molecule has 0 aliphatic rings. The Kier molecular flexibility index (Phi) is 4.26. The van der Waals surface area contributed by atoms with Gasteiger partial charge >= 0.3 is 0 Å². The first-order valence-electron chi connectivity index (χ1n) is 4.13. The molecule has 0 heterocycles. The van der Waals surface area contributed by atoms with E-state index in [2.05, 4.69) is 0 Å². The third kappa shape index (κ3) is 2.64. The lowest BCUT2D eigenvalue weighted by molar-refractivity contribution is 0.112. The van der Waals surface area contributed by atoms with E-state index in [-0.39, 0.29) is 0 Å². The maximum Gasteiger partial charge on any atom is 0.161 e. The van der Waals surface area contributed by atoms with Crippen LogP contribution < -0.4 is 9.47 Å². The van der Waals surface area contributed by atoms with E-state index in [1.54, 1.807) is 18.2 Å². The average Bonchev–Trinajstić information content (AvgIpc) is 2.26. The highest BCUT2D eigenvalue weighted by Crippen LogP contribution is 2.27. The molecule has 0 amide bonds. The summed E-state index contributed by atoms with van der Waals surface area (Å²) in [5.41, 5.74) is 0.556. The van der Waals surface area contributed by atoms with Gasteiger partial charge in [-0.2, -0.15) is 0 Å². The summed E-state index contributed by atoms with van der Waals surface area (Å²) in [6.07, 6.45) is 0.758. The molecule has 0 radical (unpaired) electrons. The fourth-order valence-electron chi connectivity index (χ4n) is 1.03. The fourth-order valence-corrected chi connectivity index (χ4v) is 1.10. The minimum absolute atomic E-state index is 0.415. The van der Waals surface area contributed by atoms with Crippen molar-refractivity contribution in [1.82, 2.24) is 0 Å². The van der Waals surface area contributed by atoms with Gasteiger partial charge in [0.05, 0.1) is 13.0 Å². The molecule has 76 valence electrons. The number of hydrogen-bond acceptors (Lipinski definition) is 3. The second-order valence-electron chi connectivity index (χ2n) is 2.57. The maximum atomic E-state index is 10.5. The van der Waals surface area contributed by atoms with E-state index < -0.39 is 0 Å². The summed E-state index contributed by atoms with van der Waals surface area (Å²) in [5, 5.41) is 0. The number of aldehydes is 1. The second-order valence-corrected chi connectivity index (χ2v) is 2.94. The van der Waals surface area contributed by atoms with Crippen molar-refractivity contribution in [3.05, 3.63) is 23.8 Å². The Balaban J connectivity index is 2.87. The Morgan fingerprint density at radius 3 is 2.79 bits per heavy atom. The summed E-state index contributed by atoms with van der Waals surface area (Å²) in [6.45, 7) is 0.415. The predicted molar refractivity (Wildman–Crippen MR) is 54.6 cm³/mol. The minimum atomic E-state index is 0.415. The number of halogens is 1. The summed E-state index contributed by atoms with van der Waals surface area (Å²) in [7, 11) is 1.53. The molecule has 0 atom stereocenters. The molecule has 14 heavy (non-hydrogen) atoms. The largest absolute Gasteiger partial charge is 0.493 e. The topological polar surface area (TPSA) is 35.5 Å². The Morgan fingerprint density at radius 2 is 2.21 bits per heavy atom. The molecule has 0 unspecified atom stereocenters. The van der Waals surface area contributed by atoms with E-state index in [9.17, 15) is 4.79 Å². The quantitative estimate of drug-likeness (QED) is 0.557. The number of rotatable bonds is 5. The van der Waals surface area contributed by atoms with Crippen molar-refractivity contribution in [3.8, 4) is 11.5 Å². The number of carbonyl (C=O) groups excluding carboxylic acids is 1. The molecule has 0 fully saturated rings. The van der Waals surface area contributed by atoms with Gasteiger partial charge in [0.2, 0.25) is 0 Å². The number of benzene rings is 1. The van der Waals surface area contributed by atoms with E-state index in [1.807, 2.05) is 0 Å². The number of hydrogen-bond donors (Lipinski definition) is 0. The normalized spacial score (nSPS) is 9.57. The zero-order chi connectivity index (χ0) is 10.4. The van der Waals surface area contributed by atoms with Crippen molar-refractivity contribution in [2.45, 2.75) is 0 Å². The average molecular weight is 215 g/mol. The SMILES string of the molecule is COc1cc(C=O)ccc1OCCCl. The van der Waals surface area contributed by atoms with Crippen LogP contribution in [0.2, 0.25) is 0 Å². The lowest BCUT2D eigenvalue weighted by atomic mass is 10.2. The zero-order valence-corrected chi connectivity index (χ0v) is 8.58. The lowest BCUT2D eigenvalue weighted by Crippen LogP contribution is -2.00. The van der Waals surface area contributed by atoms with Crippen molar-refractivity contribution < 1.29 is 14.3 Å². The molecule has 0 saturated carbocycles. The van der Waals surface area contributed by atoms with Gasteiger partial charge in [-0.05, 0) is 18.2 Å². The Bertz CT molecular complexity index is 312. The molecule has 0 aromatic heterocycles. The van der Waals surface area contributed by atoms with E-state index in [1.165, 1.54) is 7.11 Å². The molecule has 0 bridgehead atoms. The third-order valence-corrected chi connectivity index (χ3v) is 1.81. The van der Waals surface area contributed by atoms with E-state index in [0.717, 1.165) is 6.29 Å². The van der Waals surface area contributed by atoms with Gasteiger partial charge in [0, 0.05) is 5.56 Å². The van der Waals surface area contributed by atoms with Crippen LogP contribution in [0.25, 0.3) is 0 Å². The van der Waals surface area contributed by atoms with Crippen LogP contribution >= 0.6 is 11.6 Å². The van der Waals surface area contributed by atoms with Crippen LogP contribution in [0.15, 0.2) is 18.2 Å². The van der Waals surface area contributed by atoms with Gasteiger partial charge in [-0.3, -0.25) is 4.79 Å². The molecular weight excluding hydrogens is 204 g/mol. The van der Waals surface area contributed by atoms with Gasteiger partial charge in [-0.1, -0.05) is 0 Å². The van der Waals surface area contributed by atoms with Crippen molar-refractivity contribution >= 4 is 17.9 Å². The standard InChI is InChI=1S/C10H11ClO3/c1-13-10-6-8(7-12)2-3-9(10)14-5-4-11/h2-3,6-7H,4-5H2,1H3. The number of ether oxygens (including phenoxy) is 2. The Labute approximate surface area is 87.6 Å². The molecule has 0 aliphatic carbocycles. The van der Waals surface area contributed by atoms with Crippen LogP contribution in [0.5, 0.6) is 11.5 Å². The van der Waals surface area contributed by atoms with Gasteiger partial charge < -0.3 is 9.47 Å². The van der Waals surface area contributed by atoms with Gasteiger partial charge in [-0.15, -0.1) is 11.6 Å². The molecule has 0 N–H and O–H groups in total. The second kappa shape index (κ2) is 5.50. The van der Waals surface area contributed by atoms with Crippen LogP contribution in [0, 0.1) is 0 Å². The Morgan fingerprint density at radius 1 is 1.43 bits per heavy atom. The van der Waals surface area contributed by atoms with E-state index in [0.29, 0.717) is 29.5 Å². The van der Waals surface area contributed by atoms with Crippen LogP contribution in [-0.2, 0) is 0 Å². The summed E-state index contributed by atoms with van der Waals surface area (Å²) >= 11 is 5.48. The van der Waals surface area contributed by atoms with Crippen molar-refractivity contribution in [2.24, 2.45) is 0 Å². The molecular formula is C10H11ClO3. The monoisotopic (exact) mass is 214 g/mol. The molecule has 4 heteroatoms. The first kappa shape index (κ1) is 10.9. The molecule has 0 saturated heterocycles. The predicted octanol–water partition coefficient (Wildman–Crippen LogP) is 2.13. The minimum Gasteiger partial charge on any atom is -0.493 e. The first-order chi connectivity index (χ1) is 6.81. The van der Waals surface area contributed by atoms with Crippen molar-refractivity contribution in [1.29, 1.82) is 0 Å². The van der Waals surface area contributed by atoms with Gasteiger partial charge in [0.15, 0.2) is 11.5 Å². The number of carbonyl (C=O) groups is 1. The highest BCUT2D eigenvalue weighted by Gasteiger charge is 2.04. The molecule has 0 aliphatic heterocycles. The van der Waals surface area contributed by atoms with Crippen LogP contribution in [0.3, 0.4) is 0 Å². The molecule has 3 nitrogen and oxygen atoms in total. The zero-order valence-electron chi connectivity index (χ0n) is 7.83. The lowest BCUT2D eigenvalue weighted by Gasteiger charge is -2.09. The van der Waals surface area contributed by atoms with Crippen LogP contribution in [-0.4, -0.2) is 25.9 Å². The molecule has 1 aromatic rings. The fraction of sp³-hybridized carbons (Fsp3) is 0.300. The van der Waals surface area contributed by atoms with Crippen molar-refractivity contribution in [3.63, 3.8) is 0 Å². The van der Waals surface area contributed by atoms with E-state index in [4.69, 9.17) is 21.1 Å². The Hall–Kier alpha value is -1.22. The van der Waals surface area contributed by atoms with Gasteiger partial charge in [0.25, 0.3) is 0 Å². The van der Waals surface area contributed by atoms with Crippen molar-refractivity contribution in [2.75, 3.05) is 19.6 Å². The van der Waals surface area contributed by atoms with Gasteiger partial charge in [0.1, 0.15) is 12.9 Å². The van der Waals surface area contributed by atoms with Crippen LogP contribution in [0.1, 0.15) is 10.4 Å². The maximum absolute atomic E-state index is 10.5. The highest BCUT2D eigenvalue weighted by atomic mass is 35.5. The van der Waals surface area contributed by atoms with E-state index >= 15 is 0 Å². The van der Waals surface area contributed by atoms with Crippen LogP contribution in [0.4, 0.5) is 0 Å². The molecule has 0 spiro atoms. The molecule has 1 aromatic carbocycles. The molecule has 1 rings (SSSR count). The third-order valence-electron chi connectivity index (χ3n) is 1.66. The summed E-state index contributed by atoms with van der Waals surface area (Å²) in [4.78, 5) is 10.5. The summed E-state index contributed by atoms with van der Waals surface area (Å²) in [5.74, 6) is 1.55. The highest BCUT2D eigenvalue weighted by molar-refractivity contribution is 6.18. The van der Waals surface area contributed by atoms with Gasteiger partial charge in [-0.25, -0.2) is 0 Å². The summed E-state index contributed by atoms with van der Waals surface area (Å²) < 4.78 is 10.4. The number of alkyl halides is 1. The summed E-state index contributed by atoms with van der Waals surface area (Å²) in [6, 6.07) is 4.98. The number of methoxy groups -OCH3 is 1. The smallest absolute Gasteiger partial charge is 0.161 e. The first-order valence-corrected chi connectivity index (χ1v) is 4.67.